The van der Waals surface area contributed by atoms with Gasteiger partial charge in [0.1, 0.15) is 0 Å². The first-order valence-electron chi connectivity index (χ1n) is 6.91. The van der Waals surface area contributed by atoms with Crippen LogP contribution in [0.1, 0.15) is 0 Å². The molecule has 0 aliphatic carbocycles. The van der Waals surface area contributed by atoms with Gasteiger partial charge in [0.05, 0.1) is 15.9 Å². The summed E-state index contributed by atoms with van der Waals surface area (Å²) in [6, 6.07) is 14.3. The van der Waals surface area contributed by atoms with Crippen LogP contribution in [0.15, 0.2) is 53.4 Å². The molecular formula is C15H13N5O2S. The Bertz CT molecular complexity index is 1130. The van der Waals surface area contributed by atoms with Crippen molar-refractivity contribution in [3.63, 3.8) is 0 Å². The second kappa shape index (κ2) is 4.82. The van der Waals surface area contributed by atoms with Crippen LogP contribution in [0.3, 0.4) is 0 Å². The minimum absolute atomic E-state index is 0.254. The lowest BCUT2D eigenvalue weighted by Gasteiger charge is -2.04. The standard InChI is InChI=1S/C15H13N5O2S/c1-23(21,22)11-6-4-5-10(9-11)16-14-18-15-17-12-7-2-3-8-13(12)20(15)19-14/h2-9H,1H3,(H2,16,17,18,19). The van der Waals surface area contributed by atoms with Crippen LogP contribution in [-0.2, 0) is 9.84 Å². The first kappa shape index (κ1) is 13.8. The topological polar surface area (TPSA) is 92.2 Å². The number of para-hydroxylation sites is 2. The minimum atomic E-state index is -3.25. The van der Waals surface area contributed by atoms with Gasteiger partial charge < -0.3 is 5.32 Å². The highest BCUT2D eigenvalue weighted by Gasteiger charge is 2.11. The average molecular weight is 327 g/mol. The maximum atomic E-state index is 11.6. The zero-order valence-corrected chi connectivity index (χ0v) is 13.0. The summed E-state index contributed by atoms with van der Waals surface area (Å²) in [4.78, 5) is 9.05. The lowest BCUT2D eigenvalue weighted by molar-refractivity contribution is 0.602. The molecule has 0 aliphatic rings. The maximum absolute atomic E-state index is 11.6. The van der Waals surface area contributed by atoms with Crippen molar-refractivity contribution in [3.05, 3.63) is 48.5 Å². The van der Waals surface area contributed by atoms with Crippen LogP contribution in [0.25, 0.3) is 16.8 Å². The van der Waals surface area contributed by atoms with Crippen LogP contribution in [0.4, 0.5) is 11.6 Å². The number of aromatic amines is 1. The fourth-order valence-corrected chi connectivity index (χ4v) is 3.09. The maximum Gasteiger partial charge on any atom is 0.253 e. The first-order chi connectivity index (χ1) is 11.0. The number of sulfone groups is 1. The Morgan fingerprint density at radius 3 is 2.74 bits per heavy atom. The molecule has 0 radical (unpaired) electrons. The number of rotatable bonds is 3. The molecule has 2 aromatic heterocycles. The first-order valence-corrected chi connectivity index (χ1v) is 8.80. The number of anilines is 2. The molecule has 8 heteroatoms. The monoisotopic (exact) mass is 327 g/mol. The van der Waals surface area contributed by atoms with E-state index in [2.05, 4.69) is 20.4 Å². The number of hydrogen-bond acceptors (Lipinski definition) is 5. The number of H-pyrrole nitrogens is 1. The Morgan fingerprint density at radius 2 is 1.91 bits per heavy atom. The zero-order valence-electron chi connectivity index (χ0n) is 12.2. The summed E-state index contributed by atoms with van der Waals surface area (Å²) in [6.45, 7) is 0. The van der Waals surface area contributed by atoms with Crippen LogP contribution in [0.2, 0.25) is 0 Å². The van der Waals surface area contributed by atoms with E-state index in [4.69, 9.17) is 0 Å². The third-order valence-electron chi connectivity index (χ3n) is 3.50. The fourth-order valence-electron chi connectivity index (χ4n) is 2.43. The highest BCUT2D eigenvalue weighted by molar-refractivity contribution is 7.90. The molecule has 116 valence electrons. The molecule has 0 saturated heterocycles. The quantitative estimate of drug-likeness (QED) is 0.602. The summed E-state index contributed by atoms with van der Waals surface area (Å²) < 4.78 is 25.0. The van der Waals surface area contributed by atoms with E-state index in [0.29, 0.717) is 17.4 Å². The summed E-state index contributed by atoms with van der Waals surface area (Å²) >= 11 is 0. The molecule has 0 bridgehead atoms. The summed E-state index contributed by atoms with van der Waals surface area (Å²) in [6.07, 6.45) is 1.18. The van der Waals surface area contributed by atoms with Gasteiger partial charge in [-0.2, -0.15) is 4.98 Å². The smallest absolute Gasteiger partial charge is 0.253 e. The molecule has 0 aliphatic heterocycles. The van der Waals surface area contributed by atoms with Gasteiger partial charge in [0.25, 0.3) is 5.78 Å². The van der Waals surface area contributed by atoms with Gasteiger partial charge in [0.15, 0.2) is 9.84 Å². The van der Waals surface area contributed by atoms with Gasteiger partial charge in [0, 0.05) is 11.9 Å². The Labute approximate surface area is 131 Å². The second-order valence-electron chi connectivity index (χ2n) is 5.23. The normalized spacial score (nSPS) is 12.0. The predicted octanol–water partition coefficient (Wildman–Crippen LogP) is 2.36. The fraction of sp³-hybridized carbons (Fsp3) is 0.0667. The van der Waals surface area contributed by atoms with Crippen molar-refractivity contribution in [2.24, 2.45) is 0 Å². The van der Waals surface area contributed by atoms with Gasteiger partial charge in [-0.3, -0.25) is 5.10 Å². The molecule has 0 fully saturated rings. The number of aromatic nitrogens is 4. The van der Waals surface area contributed by atoms with Crippen molar-refractivity contribution < 1.29 is 8.42 Å². The van der Waals surface area contributed by atoms with Crippen LogP contribution in [-0.4, -0.2) is 34.3 Å². The molecule has 0 amide bonds. The van der Waals surface area contributed by atoms with Gasteiger partial charge >= 0.3 is 0 Å². The highest BCUT2D eigenvalue weighted by atomic mass is 32.2. The van der Waals surface area contributed by atoms with Crippen molar-refractivity contribution in [1.82, 2.24) is 19.6 Å². The largest absolute Gasteiger partial charge is 0.325 e. The highest BCUT2D eigenvalue weighted by Crippen LogP contribution is 2.20. The van der Waals surface area contributed by atoms with E-state index < -0.39 is 9.84 Å². The molecule has 0 spiro atoms. The van der Waals surface area contributed by atoms with Gasteiger partial charge in [-0.1, -0.05) is 18.2 Å². The lowest BCUT2D eigenvalue weighted by atomic mass is 10.3. The van der Waals surface area contributed by atoms with Crippen molar-refractivity contribution in [2.45, 2.75) is 4.90 Å². The zero-order chi connectivity index (χ0) is 16.0. The molecule has 0 atom stereocenters. The molecule has 4 rings (SSSR count). The molecule has 2 N–H and O–H groups in total. The Balaban J connectivity index is 1.73. The molecule has 2 heterocycles. The van der Waals surface area contributed by atoms with Crippen molar-refractivity contribution in [1.29, 1.82) is 0 Å². The molecule has 0 saturated carbocycles. The van der Waals surface area contributed by atoms with Gasteiger partial charge in [-0.15, -0.1) is 0 Å². The molecule has 0 unspecified atom stereocenters. The van der Waals surface area contributed by atoms with E-state index in [-0.39, 0.29) is 4.90 Å². The van der Waals surface area contributed by atoms with Crippen molar-refractivity contribution in [2.75, 3.05) is 11.6 Å². The van der Waals surface area contributed by atoms with E-state index >= 15 is 0 Å². The van der Waals surface area contributed by atoms with Gasteiger partial charge in [0.2, 0.25) is 5.95 Å². The van der Waals surface area contributed by atoms with Gasteiger partial charge in [-0.25, -0.2) is 17.9 Å². The molecule has 7 nitrogen and oxygen atoms in total. The minimum Gasteiger partial charge on any atom is -0.325 e. The molecular weight excluding hydrogens is 314 g/mol. The van der Waals surface area contributed by atoms with Crippen LogP contribution in [0.5, 0.6) is 0 Å². The Morgan fingerprint density at radius 1 is 1.09 bits per heavy atom. The van der Waals surface area contributed by atoms with Gasteiger partial charge in [-0.05, 0) is 30.3 Å². The van der Waals surface area contributed by atoms with Crippen molar-refractivity contribution >= 4 is 38.3 Å². The second-order valence-corrected chi connectivity index (χ2v) is 7.25. The third-order valence-corrected chi connectivity index (χ3v) is 4.61. The van der Waals surface area contributed by atoms with Crippen LogP contribution < -0.4 is 5.32 Å². The Hall–Kier alpha value is -2.87. The SMILES string of the molecule is CS(=O)(=O)c1cccc(Nc2nc3nc4ccccc4n3[nH]2)c1. The number of benzene rings is 2. The molecule has 23 heavy (non-hydrogen) atoms. The summed E-state index contributed by atoms with van der Waals surface area (Å²) in [5.41, 5.74) is 2.42. The van der Waals surface area contributed by atoms with Crippen LogP contribution >= 0.6 is 0 Å². The average Bonchev–Trinajstić information content (AvgIpc) is 3.03. The Kier molecular flexibility index (Phi) is 2.88. The number of fused-ring (bicyclic) bond motifs is 3. The number of hydrogen-bond donors (Lipinski definition) is 2. The van der Waals surface area contributed by atoms with E-state index in [1.165, 1.54) is 6.26 Å². The van der Waals surface area contributed by atoms with Crippen LogP contribution in [0, 0.1) is 0 Å². The summed E-state index contributed by atoms with van der Waals surface area (Å²) in [5.74, 6) is 1.04. The summed E-state index contributed by atoms with van der Waals surface area (Å²) in [7, 11) is -3.25. The lowest BCUT2D eigenvalue weighted by Crippen LogP contribution is -1.99. The molecule has 4 aromatic rings. The number of nitrogens with one attached hydrogen (secondary N) is 2. The predicted molar refractivity (Wildman–Crippen MR) is 87.7 cm³/mol. The van der Waals surface area contributed by atoms with Crippen molar-refractivity contribution in [3.8, 4) is 0 Å². The van der Waals surface area contributed by atoms with E-state index in [1.807, 2.05) is 24.3 Å². The molecule has 2 aromatic carbocycles. The van der Waals surface area contributed by atoms with E-state index in [9.17, 15) is 8.42 Å². The summed E-state index contributed by atoms with van der Waals surface area (Å²) in [5, 5.41) is 6.17. The van der Waals surface area contributed by atoms with E-state index in [0.717, 1.165) is 11.0 Å². The third kappa shape index (κ3) is 2.42. The van der Waals surface area contributed by atoms with E-state index in [1.54, 1.807) is 28.8 Å². The number of nitrogens with zero attached hydrogens (tertiary/aromatic N) is 3. The number of imidazole rings is 1.